The van der Waals surface area contributed by atoms with Gasteiger partial charge in [0.05, 0.1) is 6.04 Å². The minimum Gasteiger partial charge on any atom is -0.367 e. The molecule has 0 saturated carbocycles. The lowest BCUT2D eigenvalue weighted by atomic mass is 10.1. The molecule has 2 rings (SSSR count). The zero-order chi connectivity index (χ0) is 12.4. The van der Waals surface area contributed by atoms with Crippen molar-refractivity contribution < 1.29 is 4.52 Å². The summed E-state index contributed by atoms with van der Waals surface area (Å²) in [7, 11) is 0. The third-order valence-electron chi connectivity index (χ3n) is 2.51. The Labute approximate surface area is 97.9 Å². The highest BCUT2D eigenvalue weighted by Crippen LogP contribution is 2.18. The van der Waals surface area contributed by atoms with E-state index in [1.54, 1.807) is 6.20 Å². The molecule has 0 aromatic carbocycles. The van der Waals surface area contributed by atoms with Gasteiger partial charge in [0.15, 0.2) is 11.3 Å². The van der Waals surface area contributed by atoms with Crippen molar-refractivity contribution in [2.75, 3.05) is 0 Å². The van der Waals surface area contributed by atoms with Crippen LogP contribution >= 0.6 is 0 Å². The lowest BCUT2D eigenvalue weighted by Gasteiger charge is -2.09. The van der Waals surface area contributed by atoms with Crippen LogP contribution in [-0.2, 0) is 0 Å². The Morgan fingerprint density at radius 2 is 2.24 bits per heavy atom. The average molecular weight is 234 g/mol. The van der Waals surface area contributed by atoms with Crippen LogP contribution in [0, 0.1) is 5.92 Å². The van der Waals surface area contributed by atoms with E-state index in [1.807, 2.05) is 13.8 Å². The fraction of sp³-hybridized carbons (Fsp3) is 0.364. The van der Waals surface area contributed by atoms with E-state index in [0.29, 0.717) is 11.4 Å². The highest BCUT2D eigenvalue weighted by molar-refractivity contribution is 5.50. The number of hydrogen-bond acceptors (Lipinski definition) is 5. The van der Waals surface area contributed by atoms with Crippen LogP contribution in [0.15, 0.2) is 27.8 Å². The Kier molecular flexibility index (Phi) is 3.06. The zero-order valence-corrected chi connectivity index (χ0v) is 9.68. The molecule has 3 N–H and O–H groups in total. The maximum Gasteiger partial charge on any atom is 0.263 e. The second-order valence-corrected chi connectivity index (χ2v) is 4.15. The number of nitrogens with one attached hydrogen (secondary N) is 1. The maximum atomic E-state index is 11.6. The minimum absolute atomic E-state index is 0.169. The first kappa shape index (κ1) is 11.5. The highest BCUT2D eigenvalue weighted by Gasteiger charge is 2.19. The van der Waals surface area contributed by atoms with Crippen LogP contribution in [0.2, 0.25) is 0 Å². The number of pyridine rings is 1. The van der Waals surface area contributed by atoms with Gasteiger partial charge >= 0.3 is 0 Å². The summed E-state index contributed by atoms with van der Waals surface area (Å²) in [5, 5.41) is 3.79. The number of H-pyrrole nitrogens is 1. The van der Waals surface area contributed by atoms with Crippen molar-refractivity contribution in [3.63, 3.8) is 0 Å². The van der Waals surface area contributed by atoms with Crippen LogP contribution in [0.1, 0.15) is 25.7 Å². The van der Waals surface area contributed by atoms with Crippen molar-refractivity contribution in [3.05, 3.63) is 34.5 Å². The van der Waals surface area contributed by atoms with Gasteiger partial charge in [-0.3, -0.25) is 4.79 Å². The molecule has 6 nitrogen and oxygen atoms in total. The molecule has 0 amide bonds. The molecular weight excluding hydrogens is 220 g/mol. The molecule has 0 bridgehead atoms. The summed E-state index contributed by atoms with van der Waals surface area (Å²) < 4.78 is 5.04. The highest BCUT2D eigenvalue weighted by atomic mass is 16.5. The van der Waals surface area contributed by atoms with Gasteiger partial charge in [0, 0.05) is 18.5 Å². The summed E-state index contributed by atoms with van der Waals surface area (Å²) in [4.78, 5) is 18.5. The predicted octanol–water partition coefficient (Wildman–Crippen LogP) is 1.08. The summed E-state index contributed by atoms with van der Waals surface area (Å²) in [6.07, 6.45) is 3.07. The van der Waals surface area contributed by atoms with Crippen LogP contribution in [0.4, 0.5) is 0 Å². The lowest BCUT2D eigenvalue weighted by molar-refractivity contribution is 0.400. The molecule has 0 aliphatic rings. The van der Waals surface area contributed by atoms with Crippen LogP contribution in [0.5, 0.6) is 0 Å². The fourth-order valence-corrected chi connectivity index (χ4v) is 1.36. The number of nitrogens with two attached hydrogens (primary N) is 1. The second kappa shape index (κ2) is 4.50. The third kappa shape index (κ3) is 2.26. The fourth-order valence-electron chi connectivity index (χ4n) is 1.36. The van der Waals surface area contributed by atoms with E-state index >= 15 is 0 Å². The number of rotatable bonds is 3. The van der Waals surface area contributed by atoms with Crippen LogP contribution < -0.4 is 11.2 Å². The smallest absolute Gasteiger partial charge is 0.263 e. The number of nitrogens with zero attached hydrogens (tertiary/aromatic N) is 2. The van der Waals surface area contributed by atoms with E-state index in [9.17, 15) is 4.79 Å². The molecule has 2 heterocycles. The topological polar surface area (TPSA) is 97.8 Å². The molecule has 2 aromatic heterocycles. The first-order chi connectivity index (χ1) is 8.09. The van der Waals surface area contributed by atoms with Crippen molar-refractivity contribution in [1.29, 1.82) is 0 Å². The van der Waals surface area contributed by atoms with E-state index in [0.717, 1.165) is 0 Å². The van der Waals surface area contributed by atoms with Crippen LogP contribution in [0.25, 0.3) is 11.5 Å². The van der Waals surface area contributed by atoms with Gasteiger partial charge in [-0.1, -0.05) is 19.0 Å². The Morgan fingerprint density at radius 1 is 1.47 bits per heavy atom. The molecule has 0 saturated heterocycles. The van der Waals surface area contributed by atoms with Gasteiger partial charge < -0.3 is 15.2 Å². The van der Waals surface area contributed by atoms with Gasteiger partial charge in [-0.2, -0.15) is 4.98 Å². The minimum atomic E-state index is -0.296. The Bertz CT molecular complexity index is 558. The molecule has 6 heteroatoms. The number of aromatic nitrogens is 3. The standard InChI is InChI=1S/C11H14N4O2/c1-6(2)9(12)10-14-11(17-15-10)7-5-13-4-3-8(7)16/h3-6,9H,12H2,1-2H3,(H,13,16). The summed E-state index contributed by atoms with van der Waals surface area (Å²) in [5.74, 6) is 0.811. The number of aromatic amines is 1. The average Bonchev–Trinajstić information content (AvgIpc) is 2.77. The lowest BCUT2D eigenvalue weighted by Crippen LogP contribution is -2.18. The molecule has 90 valence electrons. The van der Waals surface area contributed by atoms with Crippen molar-refractivity contribution in [2.45, 2.75) is 19.9 Å². The Hall–Kier alpha value is -1.95. The summed E-state index contributed by atoms with van der Waals surface area (Å²) >= 11 is 0. The van der Waals surface area contributed by atoms with Gasteiger partial charge in [-0.25, -0.2) is 0 Å². The van der Waals surface area contributed by atoms with Crippen molar-refractivity contribution >= 4 is 0 Å². The monoisotopic (exact) mass is 234 g/mol. The Morgan fingerprint density at radius 3 is 2.88 bits per heavy atom. The first-order valence-electron chi connectivity index (χ1n) is 5.36. The van der Waals surface area contributed by atoms with Gasteiger partial charge in [0.25, 0.3) is 5.89 Å². The van der Waals surface area contributed by atoms with Gasteiger partial charge in [0.2, 0.25) is 0 Å². The Balaban J connectivity index is 2.37. The van der Waals surface area contributed by atoms with Crippen LogP contribution in [-0.4, -0.2) is 15.1 Å². The molecule has 0 aliphatic carbocycles. The number of hydrogen-bond donors (Lipinski definition) is 2. The SMILES string of the molecule is CC(C)C(N)c1noc(-c2c[nH]ccc2=O)n1. The van der Waals surface area contributed by atoms with Crippen molar-refractivity contribution in [3.8, 4) is 11.5 Å². The van der Waals surface area contributed by atoms with E-state index in [4.69, 9.17) is 10.3 Å². The van der Waals surface area contributed by atoms with E-state index in [-0.39, 0.29) is 23.3 Å². The molecule has 0 fully saturated rings. The maximum absolute atomic E-state index is 11.6. The summed E-state index contributed by atoms with van der Waals surface area (Å²) in [5.41, 5.74) is 6.08. The van der Waals surface area contributed by atoms with Crippen molar-refractivity contribution in [1.82, 2.24) is 15.1 Å². The quantitative estimate of drug-likeness (QED) is 0.828. The molecule has 0 spiro atoms. The predicted molar refractivity (Wildman–Crippen MR) is 62.1 cm³/mol. The van der Waals surface area contributed by atoms with Crippen LogP contribution in [0.3, 0.4) is 0 Å². The third-order valence-corrected chi connectivity index (χ3v) is 2.51. The summed E-state index contributed by atoms with van der Waals surface area (Å²) in [6.45, 7) is 3.94. The normalized spacial score (nSPS) is 12.9. The molecule has 1 atom stereocenters. The van der Waals surface area contributed by atoms with Crippen molar-refractivity contribution in [2.24, 2.45) is 11.7 Å². The molecule has 1 unspecified atom stereocenters. The molecular formula is C11H14N4O2. The van der Waals surface area contributed by atoms with Gasteiger partial charge in [-0.05, 0) is 5.92 Å². The molecule has 0 radical (unpaired) electrons. The van der Waals surface area contributed by atoms with Gasteiger partial charge in [0.1, 0.15) is 5.56 Å². The zero-order valence-electron chi connectivity index (χ0n) is 9.68. The van der Waals surface area contributed by atoms with E-state index in [1.165, 1.54) is 12.3 Å². The summed E-state index contributed by atoms with van der Waals surface area (Å²) in [6, 6.07) is 1.11. The molecule has 0 aliphatic heterocycles. The largest absolute Gasteiger partial charge is 0.367 e. The first-order valence-corrected chi connectivity index (χ1v) is 5.36. The second-order valence-electron chi connectivity index (χ2n) is 4.15. The molecule has 17 heavy (non-hydrogen) atoms. The van der Waals surface area contributed by atoms with E-state index < -0.39 is 0 Å². The molecule has 2 aromatic rings. The van der Waals surface area contributed by atoms with Gasteiger partial charge in [-0.15, -0.1) is 0 Å². The van der Waals surface area contributed by atoms with E-state index in [2.05, 4.69) is 15.1 Å².